The van der Waals surface area contributed by atoms with E-state index in [4.69, 9.17) is 0 Å². The molecule has 0 aliphatic heterocycles. The van der Waals surface area contributed by atoms with Crippen molar-refractivity contribution in [3.8, 4) is 11.1 Å². The first-order valence-corrected chi connectivity index (χ1v) is 12.7. The average molecular weight is 472 g/mol. The fourth-order valence-electron chi connectivity index (χ4n) is 5.40. The van der Waals surface area contributed by atoms with Crippen LogP contribution in [0.4, 0.5) is 17.1 Å². The zero-order valence-corrected chi connectivity index (χ0v) is 20.4. The molecule has 0 fully saturated rings. The maximum absolute atomic E-state index is 2.34. The molecule has 0 atom stereocenters. The van der Waals surface area contributed by atoms with Crippen molar-refractivity contribution >= 4 is 49.4 Å². The largest absolute Gasteiger partial charge is 0.311 e. The standard InChI is InChI=1S/C36H25N/c1-3-10-30(11-4-1)37(31-12-5-2-6-13-31)32-21-17-26(18-22-32)29-16-15-28-20-23-34-33-14-8-7-9-27(33)19-24-35(34)36(28)25-29/h1-25H. The summed E-state index contributed by atoms with van der Waals surface area (Å²) in [5.41, 5.74) is 5.87. The van der Waals surface area contributed by atoms with Gasteiger partial charge in [-0.3, -0.25) is 0 Å². The molecule has 174 valence electrons. The molecular formula is C36H25N. The quantitative estimate of drug-likeness (QED) is 0.231. The van der Waals surface area contributed by atoms with Crippen LogP contribution in [0.5, 0.6) is 0 Å². The van der Waals surface area contributed by atoms with Crippen LogP contribution in [0.15, 0.2) is 152 Å². The Kier molecular flexibility index (Phi) is 5.19. The molecule has 7 rings (SSSR count). The highest BCUT2D eigenvalue weighted by Gasteiger charge is 2.12. The molecule has 37 heavy (non-hydrogen) atoms. The summed E-state index contributed by atoms with van der Waals surface area (Å²) in [5.74, 6) is 0. The number of benzene rings is 7. The normalized spacial score (nSPS) is 11.2. The van der Waals surface area contributed by atoms with Crippen molar-refractivity contribution in [2.24, 2.45) is 0 Å². The van der Waals surface area contributed by atoms with E-state index in [-0.39, 0.29) is 0 Å². The molecule has 0 unspecified atom stereocenters. The maximum Gasteiger partial charge on any atom is 0.0462 e. The molecule has 0 bridgehead atoms. The summed E-state index contributed by atoms with van der Waals surface area (Å²) in [6.45, 7) is 0. The Morgan fingerprint density at radius 3 is 1.46 bits per heavy atom. The second-order valence-electron chi connectivity index (χ2n) is 9.44. The molecule has 7 aromatic rings. The van der Waals surface area contributed by atoms with Gasteiger partial charge in [0.15, 0.2) is 0 Å². The van der Waals surface area contributed by atoms with E-state index in [1.807, 2.05) is 0 Å². The number of hydrogen-bond donors (Lipinski definition) is 0. The fourth-order valence-corrected chi connectivity index (χ4v) is 5.40. The molecular weight excluding hydrogens is 446 g/mol. The summed E-state index contributed by atoms with van der Waals surface area (Å²) >= 11 is 0. The first-order valence-electron chi connectivity index (χ1n) is 12.7. The van der Waals surface area contributed by atoms with Gasteiger partial charge in [0.1, 0.15) is 0 Å². The van der Waals surface area contributed by atoms with Crippen LogP contribution in [0.1, 0.15) is 0 Å². The molecule has 0 N–H and O–H groups in total. The smallest absolute Gasteiger partial charge is 0.0462 e. The van der Waals surface area contributed by atoms with Crippen molar-refractivity contribution in [2.45, 2.75) is 0 Å². The molecule has 0 radical (unpaired) electrons. The van der Waals surface area contributed by atoms with Crippen LogP contribution in [0.2, 0.25) is 0 Å². The molecule has 0 saturated carbocycles. The van der Waals surface area contributed by atoms with E-state index in [2.05, 4.69) is 157 Å². The van der Waals surface area contributed by atoms with Crippen LogP contribution >= 0.6 is 0 Å². The van der Waals surface area contributed by atoms with E-state index < -0.39 is 0 Å². The Morgan fingerprint density at radius 2 is 0.784 bits per heavy atom. The fraction of sp³-hybridized carbons (Fsp3) is 0. The third-order valence-corrected chi connectivity index (χ3v) is 7.23. The third-order valence-electron chi connectivity index (χ3n) is 7.23. The minimum Gasteiger partial charge on any atom is -0.311 e. The van der Waals surface area contributed by atoms with E-state index in [9.17, 15) is 0 Å². The van der Waals surface area contributed by atoms with E-state index in [1.54, 1.807) is 0 Å². The Morgan fingerprint density at radius 1 is 0.297 bits per heavy atom. The predicted molar refractivity (Wildman–Crippen MR) is 159 cm³/mol. The maximum atomic E-state index is 2.34. The number of nitrogens with zero attached hydrogens (tertiary/aromatic N) is 1. The van der Waals surface area contributed by atoms with Crippen LogP contribution in [-0.2, 0) is 0 Å². The highest BCUT2D eigenvalue weighted by atomic mass is 15.1. The van der Waals surface area contributed by atoms with Crippen molar-refractivity contribution < 1.29 is 0 Å². The zero-order chi connectivity index (χ0) is 24.6. The van der Waals surface area contributed by atoms with Gasteiger partial charge in [-0.15, -0.1) is 0 Å². The minimum atomic E-state index is 1.14. The van der Waals surface area contributed by atoms with E-state index in [0.717, 1.165) is 17.1 Å². The van der Waals surface area contributed by atoms with Gasteiger partial charge in [-0.05, 0) is 85.9 Å². The van der Waals surface area contributed by atoms with Gasteiger partial charge in [-0.1, -0.05) is 109 Å². The van der Waals surface area contributed by atoms with Gasteiger partial charge < -0.3 is 4.90 Å². The van der Waals surface area contributed by atoms with Crippen LogP contribution in [0.25, 0.3) is 43.4 Å². The Labute approximate surface area is 216 Å². The summed E-state index contributed by atoms with van der Waals surface area (Å²) in [4.78, 5) is 2.29. The molecule has 0 heterocycles. The van der Waals surface area contributed by atoms with Crippen LogP contribution in [-0.4, -0.2) is 0 Å². The van der Waals surface area contributed by atoms with Crippen molar-refractivity contribution in [3.63, 3.8) is 0 Å². The lowest BCUT2D eigenvalue weighted by molar-refractivity contribution is 1.28. The highest BCUT2D eigenvalue weighted by Crippen LogP contribution is 2.37. The molecule has 0 amide bonds. The lowest BCUT2D eigenvalue weighted by atomic mass is 9.94. The molecule has 0 aliphatic carbocycles. The molecule has 7 aromatic carbocycles. The summed E-state index contributed by atoms with van der Waals surface area (Å²) in [6, 6.07) is 54.4. The second-order valence-corrected chi connectivity index (χ2v) is 9.44. The zero-order valence-electron chi connectivity index (χ0n) is 20.4. The van der Waals surface area contributed by atoms with Crippen molar-refractivity contribution in [3.05, 3.63) is 152 Å². The van der Waals surface area contributed by atoms with Crippen molar-refractivity contribution in [2.75, 3.05) is 4.90 Å². The van der Waals surface area contributed by atoms with E-state index >= 15 is 0 Å². The molecule has 0 aliphatic rings. The van der Waals surface area contributed by atoms with Gasteiger partial charge in [0.25, 0.3) is 0 Å². The van der Waals surface area contributed by atoms with Gasteiger partial charge in [0.2, 0.25) is 0 Å². The van der Waals surface area contributed by atoms with Gasteiger partial charge in [-0.2, -0.15) is 0 Å². The number of hydrogen-bond acceptors (Lipinski definition) is 1. The van der Waals surface area contributed by atoms with Gasteiger partial charge >= 0.3 is 0 Å². The number of para-hydroxylation sites is 2. The SMILES string of the molecule is c1ccc(N(c2ccccc2)c2ccc(-c3ccc4ccc5c6ccccc6ccc5c4c3)cc2)cc1. The first-order chi connectivity index (χ1) is 18.3. The monoisotopic (exact) mass is 471 g/mol. The summed E-state index contributed by atoms with van der Waals surface area (Å²) in [7, 11) is 0. The highest BCUT2D eigenvalue weighted by molar-refractivity contribution is 6.17. The minimum absolute atomic E-state index is 1.14. The van der Waals surface area contributed by atoms with E-state index in [0.29, 0.717) is 0 Å². The third kappa shape index (κ3) is 3.82. The topological polar surface area (TPSA) is 3.24 Å². The Bertz CT molecular complexity index is 1810. The lowest BCUT2D eigenvalue weighted by Crippen LogP contribution is -2.09. The van der Waals surface area contributed by atoms with Crippen LogP contribution < -0.4 is 4.90 Å². The van der Waals surface area contributed by atoms with Crippen LogP contribution in [0, 0.1) is 0 Å². The molecule has 0 aromatic heterocycles. The van der Waals surface area contributed by atoms with Gasteiger partial charge in [-0.25, -0.2) is 0 Å². The first kappa shape index (κ1) is 21.4. The van der Waals surface area contributed by atoms with Crippen molar-refractivity contribution in [1.82, 2.24) is 0 Å². The predicted octanol–water partition coefficient (Wildman–Crippen LogP) is 10.3. The van der Waals surface area contributed by atoms with Crippen LogP contribution in [0.3, 0.4) is 0 Å². The summed E-state index contributed by atoms with van der Waals surface area (Å²) in [5, 5.41) is 7.75. The number of anilines is 3. The van der Waals surface area contributed by atoms with Crippen molar-refractivity contribution in [1.29, 1.82) is 0 Å². The van der Waals surface area contributed by atoms with E-state index in [1.165, 1.54) is 43.4 Å². The lowest BCUT2D eigenvalue weighted by Gasteiger charge is -2.25. The molecule has 1 heteroatoms. The second kappa shape index (κ2) is 8.96. The Hall–Kier alpha value is -4.88. The molecule has 1 nitrogen and oxygen atoms in total. The summed E-state index contributed by atoms with van der Waals surface area (Å²) in [6.07, 6.45) is 0. The molecule has 0 saturated heterocycles. The van der Waals surface area contributed by atoms with Gasteiger partial charge in [0, 0.05) is 17.1 Å². The summed E-state index contributed by atoms with van der Waals surface area (Å²) < 4.78 is 0. The average Bonchev–Trinajstić information content (AvgIpc) is 2.98. The van der Waals surface area contributed by atoms with Gasteiger partial charge in [0.05, 0.1) is 0 Å². The molecule has 0 spiro atoms. The Balaban J connectivity index is 1.32. The number of rotatable bonds is 4. The number of fused-ring (bicyclic) bond motifs is 5.